The van der Waals surface area contributed by atoms with Gasteiger partial charge in [-0.05, 0) is 25.1 Å². The van der Waals surface area contributed by atoms with Crippen LogP contribution in [0.15, 0.2) is 24.3 Å². The lowest BCUT2D eigenvalue weighted by Crippen LogP contribution is -2.51. The van der Waals surface area contributed by atoms with E-state index in [2.05, 4.69) is 56.1 Å². The number of para-hydroxylation sites is 1. The first kappa shape index (κ1) is 15.3. The van der Waals surface area contributed by atoms with Gasteiger partial charge in [-0.2, -0.15) is 0 Å². The summed E-state index contributed by atoms with van der Waals surface area (Å²) in [5, 5.41) is 3.66. The number of rotatable bonds is 6. The van der Waals surface area contributed by atoms with Gasteiger partial charge < -0.3 is 10.1 Å². The SMILES string of the molecule is CCNC1c2ccccc2OCC1N(CC)CC(C)C. The molecule has 0 bridgehead atoms. The summed E-state index contributed by atoms with van der Waals surface area (Å²) in [5.41, 5.74) is 1.30. The molecule has 0 saturated carbocycles. The third kappa shape index (κ3) is 3.33. The van der Waals surface area contributed by atoms with Crippen LogP contribution in [0.25, 0.3) is 0 Å². The van der Waals surface area contributed by atoms with Crippen LogP contribution in [0.1, 0.15) is 39.3 Å². The second-order valence-electron chi connectivity index (χ2n) is 5.93. The molecule has 2 unspecified atom stereocenters. The van der Waals surface area contributed by atoms with Crippen molar-refractivity contribution in [1.29, 1.82) is 0 Å². The standard InChI is InChI=1S/C17H28N2O/c1-5-18-17-14-9-7-8-10-16(14)20-12-15(17)19(6-2)11-13(3)4/h7-10,13,15,17-18H,5-6,11-12H2,1-4H3. The number of nitrogens with one attached hydrogen (secondary N) is 1. The Bertz CT molecular complexity index is 419. The number of hydrogen-bond donors (Lipinski definition) is 1. The van der Waals surface area contributed by atoms with Crippen molar-refractivity contribution < 1.29 is 4.74 Å². The zero-order chi connectivity index (χ0) is 14.5. The van der Waals surface area contributed by atoms with Crippen LogP contribution >= 0.6 is 0 Å². The molecule has 1 heterocycles. The Morgan fingerprint density at radius 1 is 1.30 bits per heavy atom. The number of nitrogens with zero attached hydrogens (tertiary/aromatic N) is 1. The monoisotopic (exact) mass is 276 g/mol. The molecule has 0 aliphatic carbocycles. The fraction of sp³-hybridized carbons (Fsp3) is 0.647. The highest BCUT2D eigenvalue weighted by molar-refractivity contribution is 5.38. The number of hydrogen-bond acceptors (Lipinski definition) is 3. The van der Waals surface area contributed by atoms with E-state index < -0.39 is 0 Å². The molecule has 0 spiro atoms. The van der Waals surface area contributed by atoms with Crippen molar-refractivity contribution in [3.8, 4) is 5.75 Å². The highest BCUT2D eigenvalue weighted by Gasteiger charge is 2.33. The first-order valence-electron chi connectivity index (χ1n) is 7.86. The summed E-state index contributed by atoms with van der Waals surface area (Å²) in [6.45, 7) is 12.9. The average molecular weight is 276 g/mol. The second-order valence-corrected chi connectivity index (χ2v) is 5.93. The minimum Gasteiger partial charge on any atom is -0.492 e. The molecule has 0 fully saturated rings. The Balaban J connectivity index is 2.24. The molecule has 1 N–H and O–H groups in total. The van der Waals surface area contributed by atoms with E-state index in [0.717, 1.165) is 32.0 Å². The number of ether oxygens (including phenoxy) is 1. The molecule has 2 rings (SSSR count). The van der Waals surface area contributed by atoms with Crippen molar-refractivity contribution in [3.63, 3.8) is 0 Å². The second kappa shape index (κ2) is 7.09. The van der Waals surface area contributed by atoms with Gasteiger partial charge in [0.1, 0.15) is 12.4 Å². The number of fused-ring (bicyclic) bond motifs is 1. The van der Waals surface area contributed by atoms with Gasteiger partial charge in [0, 0.05) is 12.1 Å². The van der Waals surface area contributed by atoms with E-state index in [9.17, 15) is 0 Å². The van der Waals surface area contributed by atoms with Gasteiger partial charge in [0.15, 0.2) is 0 Å². The van der Waals surface area contributed by atoms with Crippen molar-refractivity contribution in [2.75, 3.05) is 26.2 Å². The first-order valence-corrected chi connectivity index (χ1v) is 7.86. The largest absolute Gasteiger partial charge is 0.492 e. The lowest BCUT2D eigenvalue weighted by Gasteiger charge is -2.41. The van der Waals surface area contributed by atoms with E-state index in [1.165, 1.54) is 5.56 Å². The van der Waals surface area contributed by atoms with E-state index in [0.29, 0.717) is 18.0 Å². The number of likely N-dealkylation sites (N-methyl/N-ethyl adjacent to an activating group) is 2. The predicted molar refractivity (Wildman–Crippen MR) is 84.2 cm³/mol. The fourth-order valence-electron chi connectivity index (χ4n) is 3.10. The van der Waals surface area contributed by atoms with Crippen LogP contribution in [-0.2, 0) is 0 Å². The molecule has 1 aromatic rings. The molecule has 0 amide bonds. The Morgan fingerprint density at radius 3 is 2.70 bits per heavy atom. The van der Waals surface area contributed by atoms with Crippen LogP contribution in [0.3, 0.4) is 0 Å². The summed E-state index contributed by atoms with van der Waals surface area (Å²) in [4.78, 5) is 2.55. The lowest BCUT2D eigenvalue weighted by molar-refractivity contribution is 0.0811. The molecule has 20 heavy (non-hydrogen) atoms. The summed E-state index contributed by atoms with van der Waals surface area (Å²) in [6.07, 6.45) is 0. The van der Waals surface area contributed by atoms with E-state index >= 15 is 0 Å². The van der Waals surface area contributed by atoms with Gasteiger partial charge in [-0.25, -0.2) is 0 Å². The third-order valence-corrected chi connectivity index (χ3v) is 3.95. The normalized spacial score (nSPS) is 21.9. The zero-order valence-electron chi connectivity index (χ0n) is 13.2. The molecule has 0 aromatic heterocycles. The van der Waals surface area contributed by atoms with Gasteiger partial charge in [0.25, 0.3) is 0 Å². The molecule has 3 nitrogen and oxygen atoms in total. The van der Waals surface area contributed by atoms with Crippen molar-refractivity contribution in [2.45, 2.75) is 39.8 Å². The Hall–Kier alpha value is -1.06. The molecule has 0 radical (unpaired) electrons. The average Bonchev–Trinajstić information content (AvgIpc) is 2.45. The Kier molecular flexibility index (Phi) is 5.44. The van der Waals surface area contributed by atoms with Crippen LogP contribution < -0.4 is 10.1 Å². The van der Waals surface area contributed by atoms with Crippen LogP contribution in [0.2, 0.25) is 0 Å². The highest BCUT2D eigenvalue weighted by Crippen LogP contribution is 2.34. The maximum Gasteiger partial charge on any atom is 0.124 e. The number of benzene rings is 1. The summed E-state index contributed by atoms with van der Waals surface area (Å²) >= 11 is 0. The molecule has 0 saturated heterocycles. The third-order valence-electron chi connectivity index (χ3n) is 3.95. The molecular formula is C17H28N2O. The van der Waals surface area contributed by atoms with E-state index in [1.807, 2.05) is 6.07 Å². The van der Waals surface area contributed by atoms with E-state index in [4.69, 9.17) is 4.74 Å². The highest BCUT2D eigenvalue weighted by atomic mass is 16.5. The van der Waals surface area contributed by atoms with Gasteiger partial charge in [-0.3, -0.25) is 4.90 Å². The quantitative estimate of drug-likeness (QED) is 0.864. The maximum absolute atomic E-state index is 6.00. The minimum absolute atomic E-state index is 0.364. The van der Waals surface area contributed by atoms with Gasteiger partial charge in [0.2, 0.25) is 0 Å². The molecule has 112 valence electrons. The van der Waals surface area contributed by atoms with Gasteiger partial charge >= 0.3 is 0 Å². The van der Waals surface area contributed by atoms with Crippen molar-refractivity contribution in [2.24, 2.45) is 5.92 Å². The molecular weight excluding hydrogens is 248 g/mol. The molecule has 3 heteroatoms. The summed E-state index contributed by atoms with van der Waals surface area (Å²) in [5.74, 6) is 1.71. The lowest BCUT2D eigenvalue weighted by atomic mass is 9.94. The predicted octanol–water partition coefficient (Wildman–Crippen LogP) is 3.08. The minimum atomic E-state index is 0.364. The maximum atomic E-state index is 6.00. The van der Waals surface area contributed by atoms with Crippen molar-refractivity contribution in [3.05, 3.63) is 29.8 Å². The Morgan fingerprint density at radius 2 is 2.05 bits per heavy atom. The van der Waals surface area contributed by atoms with Crippen LogP contribution in [0, 0.1) is 5.92 Å². The summed E-state index contributed by atoms with van der Waals surface area (Å²) in [7, 11) is 0. The smallest absolute Gasteiger partial charge is 0.124 e. The van der Waals surface area contributed by atoms with Gasteiger partial charge in [-0.15, -0.1) is 0 Å². The molecule has 1 aliphatic rings. The van der Waals surface area contributed by atoms with E-state index in [-0.39, 0.29) is 0 Å². The topological polar surface area (TPSA) is 24.5 Å². The van der Waals surface area contributed by atoms with Crippen LogP contribution in [-0.4, -0.2) is 37.2 Å². The zero-order valence-corrected chi connectivity index (χ0v) is 13.2. The van der Waals surface area contributed by atoms with Gasteiger partial charge in [-0.1, -0.05) is 45.9 Å². The van der Waals surface area contributed by atoms with Gasteiger partial charge in [0.05, 0.1) is 12.1 Å². The molecule has 1 aliphatic heterocycles. The van der Waals surface area contributed by atoms with E-state index in [1.54, 1.807) is 0 Å². The van der Waals surface area contributed by atoms with Crippen molar-refractivity contribution in [1.82, 2.24) is 10.2 Å². The van der Waals surface area contributed by atoms with Crippen molar-refractivity contribution >= 4 is 0 Å². The summed E-state index contributed by atoms with van der Waals surface area (Å²) in [6, 6.07) is 9.20. The van der Waals surface area contributed by atoms with Crippen LogP contribution in [0.5, 0.6) is 5.75 Å². The summed E-state index contributed by atoms with van der Waals surface area (Å²) < 4.78 is 6.00. The van der Waals surface area contributed by atoms with Crippen LogP contribution in [0.4, 0.5) is 0 Å². The molecule has 1 aromatic carbocycles. The first-order chi connectivity index (χ1) is 9.67. The Labute approximate surface area is 123 Å². The molecule has 2 atom stereocenters. The fourth-order valence-corrected chi connectivity index (χ4v) is 3.10.